The van der Waals surface area contributed by atoms with Crippen LogP contribution in [-0.2, 0) is 9.53 Å². The quantitative estimate of drug-likeness (QED) is 0.625. The summed E-state index contributed by atoms with van der Waals surface area (Å²) in [6.45, 7) is 7.14. The number of rotatable bonds is 2. The van der Waals surface area contributed by atoms with Crippen molar-refractivity contribution in [2.75, 3.05) is 19.6 Å². The van der Waals surface area contributed by atoms with Crippen LogP contribution in [0.2, 0.25) is 0 Å². The number of nitrogens with zero attached hydrogens (tertiary/aromatic N) is 1. The van der Waals surface area contributed by atoms with Crippen molar-refractivity contribution in [1.29, 1.82) is 0 Å². The third-order valence-electron chi connectivity index (χ3n) is 3.34. The Balaban J connectivity index is 1.90. The molecule has 80 valence electrons. The summed E-state index contributed by atoms with van der Waals surface area (Å²) in [6, 6.07) is 0. The molecule has 3 aliphatic heterocycles. The molecule has 3 heterocycles. The second-order valence-electron chi connectivity index (χ2n) is 4.77. The van der Waals surface area contributed by atoms with E-state index in [1.165, 1.54) is 25.9 Å². The van der Waals surface area contributed by atoms with E-state index in [9.17, 15) is 4.79 Å². The lowest BCUT2D eigenvalue weighted by atomic mass is 9.86. The van der Waals surface area contributed by atoms with Gasteiger partial charge in [-0.15, -0.1) is 0 Å². The Labute approximate surface area is 85.4 Å². The normalized spacial score (nSPS) is 36.1. The second kappa shape index (κ2) is 3.89. The van der Waals surface area contributed by atoms with Crippen LogP contribution in [0.5, 0.6) is 0 Å². The first kappa shape index (κ1) is 9.97. The maximum atomic E-state index is 11.4. The van der Waals surface area contributed by atoms with Gasteiger partial charge in [0, 0.05) is 6.54 Å². The van der Waals surface area contributed by atoms with E-state index in [-0.39, 0.29) is 18.0 Å². The van der Waals surface area contributed by atoms with Crippen molar-refractivity contribution in [2.24, 2.45) is 11.8 Å². The van der Waals surface area contributed by atoms with Crippen molar-refractivity contribution < 1.29 is 9.53 Å². The zero-order chi connectivity index (χ0) is 10.1. The summed E-state index contributed by atoms with van der Waals surface area (Å²) in [4.78, 5) is 13.8. The predicted molar refractivity (Wildman–Crippen MR) is 53.9 cm³/mol. The fraction of sp³-hybridized carbons (Fsp3) is 0.909. The third kappa shape index (κ3) is 1.92. The third-order valence-corrected chi connectivity index (χ3v) is 3.34. The molecule has 0 aromatic rings. The first-order valence-corrected chi connectivity index (χ1v) is 5.59. The van der Waals surface area contributed by atoms with E-state index in [1.54, 1.807) is 0 Å². The summed E-state index contributed by atoms with van der Waals surface area (Å²) >= 11 is 0. The fourth-order valence-electron chi connectivity index (χ4n) is 2.33. The van der Waals surface area contributed by atoms with Gasteiger partial charge in [-0.3, -0.25) is 9.69 Å². The van der Waals surface area contributed by atoms with E-state index in [0.29, 0.717) is 5.92 Å². The number of hydrogen-bond donors (Lipinski definition) is 0. The minimum Gasteiger partial charge on any atom is -0.461 e. The van der Waals surface area contributed by atoms with Crippen LogP contribution in [0.15, 0.2) is 0 Å². The minimum atomic E-state index is -0.0382. The van der Waals surface area contributed by atoms with Gasteiger partial charge in [0.2, 0.25) is 0 Å². The van der Waals surface area contributed by atoms with Crippen LogP contribution in [0, 0.1) is 11.8 Å². The minimum absolute atomic E-state index is 0.00505. The number of piperidine rings is 3. The summed E-state index contributed by atoms with van der Waals surface area (Å²) in [7, 11) is 0. The highest BCUT2D eigenvalue weighted by Crippen LogP contribution is 2.29. The Morgan fingerprint density at radius 3 is 2.43 bits per heavy atom. The van der Waals surface area contributed by atoms with Crippen molar-refractivity contribution in [2.45, 2.75) is 32.8 Å². The van der Waals surface area contributed by atoms with Gasteiger partial charge < -0.3 is 4.74 Å². The van der Waals surface area contributed by atoms with E-state index < -0.39 is 0 Å². The lowest BCUT2D eigenvalue weighted by Crippen LogP contribution is -2.52. The molecule has 0 N–H and O–H groups in total. The number of hydrogen-bond acceptors (Lipinski definition) is 3. The maximum Gasteiger partial charge on any atom is 0.308 e. The van der Waals surface area contributed by atoms with Gasteiger partial charge in [0.05, 0.1) is 5.92 Å². The average molecular weight is 197 g/mol. The predicted octanol–water partition coefficient (Wildman–Crippen LogP) is 1.28. The van der Waals surface area contributed by atoms with Crippen LogP contribution in [0.25, 0.3) is 0 Å². The molecule has 3 nitrogen and oxygen atoms in total. The van der Waals surface area contributed by atoms with Crippen molar-refractivity contribution in [1.82, 2.24) is 4.90 Å². The van der Waals surface area contributed by atoms with Gasteiger partial charge in [-0.25, -0.2) is 0 Å². The van der Waals surface area contributed by atoms with E-state index in [2.05, 4.69) is 4.90 Å². The molecule has 0 aromatic heterocycles. The fourth-order valence-corrected chi connectivity index (χ4v) is 2.33. The largest absolute Gasteiger partial charge is 0.461 e. The standard InChI is InChI=1S/C11H19NO2/c1-8(2)11(13)14-10-7-12-5-3-9(10)4-6-12/h8-10H,3-7H2,1-2H3/t10-/m0/s1. The number of carbonyl (C=O) groups is 1. The molecule has 0 spiro atoms. The summed E-state index contributed by atoms with van der Waals surface area (Å²) in [5, 5.41) is 0. The first-order valence-electron chi connectivity index (χ1n) is 5.59. The molecule has 0 aromatic carbocycles. The summed E-state index contributed by atoms with van der Waals surface area (Å²) in [6.07, 6.45) is 2.58. The van der Waals surface area contributed by atoms with Gasteiger partial charge in [-0.1, -0.05) is 13.8 Å². The van der Waals surface area contributed by atoms with E-state index in [0.717, 1.165) is 6.54 Å². The second-order valence-corrected chi connectivity index (χ2v) is 4.77. The Kier molecular flexibility index (Phi) is 2.77. The smallest absolute Gasteiger partial charge is 0.308 e. The highest BCUT2D eigenvalue weighted by Gasteiger charge is 2.36. The molecule has 1 atom stereocenters. The molecule has 0 saturated carbocycles. The Morgan fingerprint density at radius 2 is 2.00 bits per heavy atom. The zero-order valence-corrected chi connectivity index (χ0v) is 9.03. The Bertz CT molecular complexity index is 219. The van der Waals surface area contributed by atoms with Gasteiger partial charge in [0.15, 0.2) is 0 Å². The van der Waals surface area contributed by atoms with Crippen molar-refractivity contribution >= 4 is 5.97 Å². The van der Waals surface area contributed by atoms with Gasteiger partial charge in [0.25, 0.3) is 0 Å². The molecule has 3 heteroatoms. The molecule has 3 rings (SSSR count). The lowest BCUT2D eigenvalue weighted by Gasteiger charge is -2.44. The van der Waals surface area contributed by atoms with Crippen LogP contribution in [0.4, 0.5) is 0 Å². The number of fused-ring (bicyclic) bond motifs is 3. The van der Waals surface area contributed by atoms with Gasteiger partial charge >= 0.3 is 5.97 Å². The lowest BCUT2D eigenvalue weighted by molar-refractivity contribution is -0.162. The molecule has 2 bridgehead atoms. The molecular weight excluding hydrogens is 178 g/mol. The molecule has 0 radical (unpaired) electrons. The van der Waals surface area contributed by atoms with Crippen LogP contribution in [0.1, 0.15) is 26.7 Å². The van der Waals surface area contributed by atoms with E-state index in [1.807, 2.05) is 13.8 Å². The van der Waals surface area contributed by atoms with E-state index >= 15 is 0 Å². The van der Waals surface area contributed by atoms with Crippen molar-refractivity contribution in [3.63, 3.8) is 0 Å². The Morgan fingerprint density at radius 1 is 1.36 bits per heavy atom. The average Bonchev–Trinajstić information content (AvgIpc) is 2.19. The molecule has 3 saturated heterocycles. The number of carbonyl (C=O) groups excluding carboxylic acids is 1. The SMILES string of the molecule is CC(C)C(=O)O[C@H]1CN2CCC1CC2. The molecule has 3 aliphatic rings. The molecule has 0 unspecified atom stereocenters. The van der Waals surface area contributed by atoms with Gasteiger partial charge in [0.1, 0.15) is 6.10 Å². The van der Waals surface area contributed by atoms with Crippen molar-refractivity contribution in [3.05, 3.63) is 0 Å². The van der Waals surface area contributed by atoms with Crippen LogP contribution in [0.3, 0.4) is 0 Å². The monoisotopic (exact) mass is 197 g/mol. The highest BCUT2D eigenvalue weighted by molar-refractivity contribution is 5.71. The van der Waals surface area contributed by atoms with Gasteiger partial charge in [-0.2, -0.15) is 0 Å². The van der Waals surface area contributed by atoms with Crippen molar-refractivity contribution in [3.8, 4) is 0 Å². The van der Waals surface area contributed by atoms with Crippen LogP contribution >= 0.6 is 0 Å². The van der Waals surface area contributed by atoms with Crippen LogP contribution < -0.4 is 0 Å². The topological polar surface area (TPSA) is 29.5 Å². The zero-order valence-electron chi connectivity index (χ0n) is 9.03. The highest BCUT2D eigenvalue weighted by atomic mass is 16.5. The molecule has 14 heavy (non-hydrogen) atoms. The number of esters is 1. The molecular formula is C11H19NO2. The first-order chi connectivity index (χ1) is 6.66. The summed E-state index contributed by atoms with van der Waals surface area (Å²) in [5.74, 6) is 0.594. The maximum absolute atomic E-state index is 11.4. The van der Waals surface area contributed by atoms with Crippen LogP contribution in [-0.4, -0.2) is 36.6 Å². The molecule has 3 fully saturated rings. The number of ether oxygens (including phenoxy) is 1. The van der Waals surface area contributed by atoms with E-state index in [4.69, 9.17) is 4.74 Å². The molecule has 0 aliphatic carbocycles. The van der Waals surface area contributed by atoms with Gasteiger partial charge in [-0.05, 0) is 31.8 Å². The summed E-state index contributed by atoms with van der Waals surface area (Å²) in [5.41, 5.74) is 0. The Hall–Kier alpha value is -0.570. The molecule has 0 amide bonds. The summed E-state index contributed by atoms with van der Waals surface area (Å²) < 4.78 is 5.51.